The molecule has 1 aliphatic rings. The third-order valence-electron chi connectivity index (χ3n) is 5.15. The number of fused-ring (bicyclic) bond motifs is 1. The molecule has 0 spiro atoms. The number of carbonyl (C=O) groups is 1. The second-order valence-corrected chi connectivity index (χ2v) is 7.96. The molecule has 0 saturated carbocycles. The molecule has 1 N–H and O–H groups in total. The van der Waals surface area contributed by atoms with Crippen molar-refractivity contribution < 1.29 is 9.52 Å². The molecule has 1 fully saturated rings. The third-order valence-corrected chi connectivity index (χ3v) is 6.18. The van der Waals surface area contributed by atoms with Crippen LogP contribution in [0.3, 0.4) is 0 Å². The highest BCUT2D eigenvalue weighted by Crippen LogP contribution is 2.33. The molecule has 1 aliphatic heterocycles. The third kappa shape index (κ3) is 3.35. The normalized spacial score (nSPS) is 16.8. The molecule has 4 rings (SSSR count). The van der Waals surface area contributed by atoms with Crippen LogP contribution in [-0.2, 0) is 11.3 Å². The minimum absolute atomic E-state index is 0.0120. The van der Waals surface area contributed by atoms with Gasteiger partial charge in [0.05, 0.1) is 0 Å². The van der Waals surface area contributed by atoms with Crippen LogP contribution in [-0.4, -0.2) is 23.5 Å². The van der Waals surface area contributed by atoms with E-state index in [0.717, 1.165) is 45.1 Å². The summed E-state index contributed by atoms with van der Waals surface area (Å²) in [6.45, 7) is 5.03. The van der Waals surface area contributed by atoms with Gasteiger partial charge in [-0.15, -0.1) is 0 Å². The first-order chi connectivity index (χ1) is 13.0. The number of pyridine rings is 1. The van der Waals surface area contributed by atoms with Crippen LogP contribution in [0.25, 0.3) is 10.3 Å². The zero-order chi connectivity index (χ0) is 19.0. The molecule has 27 heavy (non-hydrogen) atoms. The molecule has 140 valence electrons. The monoisotopic (exact) mass is 382 g/mol. The van der Waals surface area contributed by atoms with Crippen molar-refractivity contribution in [2.24, 2.45) is 0 Å². The first-order valence-corrected chi connectivity index (χ1v) is 9.95. The van der Waals surface area contributed by atoms with E-state index in [1.54, 1.807) is 6.92 Å². The number of amides is 1. The number of benzene rings is 1. The van der Waals surface area contributed by atoms with Gasteiger partial charge in [0.1, 0.15) is 16.4 Å². The van der Waals surface area contributed by atoms with Crippen molar-refractivity contribution in [3.63, 3.8) is 0 Å². The Morgan fingerprint density at radius 2 is 2.15 bits per heavy atom. The van der Waals surface area contributed by atoms with Gasteiger partial charge in [0, 0.05) is 13.1 Å². The summed E-state index contributed by atoms with van der Waals surface area (Å²) in [6.07, 6.45) is 1.74. The Hall–Kier alpha value is -2.67. The summed E-state index contributed by atoms with van der Waals surface area (Å²) in [5.41, 5.74) is 3.13. The Morgan fingerprint density at radius 3 is 2.93 bits per heavy atom. The maximum atomic E-state index is 12.7. The van der Waals surface area contributed by atoms with Gasteiger partial charge >= 0.3 is 10.8 Å². The predicted molar refractivity (Wildman–Crippen MR) is 107 cm³/mol. The highest BCUT2D eigenvalue weighted by Gasteiger charge is 2.35. The summed E-state index contributed by atoms with van der Waals surface area (Å²) >= 11 is 1.48. The number of anilines is 1. The number of aromatic nitrogens is 2. The zero-order valence-corrected chi connectivity index (χ0v) is 16.3. The van der Waals surface area contributed by atoms with Crippen molar-refractivity contribution in [3.05, 3.63) is 58.4 Å². The molecule has 3 heterocycles. The van der Waals surface area contributed by atoms with Gasteiger partial charge in [-0.05, 0) is 48.9 Å². The Labute approximate surface area is 162 Å². The van der Waals surface area contributed by atoms with E-state index >= 15 is 0 Å². The maximum absolute atomic E-state index is 12.7. The van der Waals surface area contributed by atoms with Gasteiger partial charge in [0.25, 0.3) is 0 Å². The standard InChI is InChI=1S/C20H22N4O2S/c1-13-11-17-18(24(26)14(13)2)22-20(27-17)23-10-6-9-16(23)19(25)21-12-15-7-4-3-5-8-15/h3-5,7-8,11,16H,6,9-10,12H2,1-2H3,(H,21,25). The summed E-state index contributed by atoms with van der Waals surface area (Å²) in [4.78, 5) is 19.3. The number of rotatable bonds is 4. The minimum Gasteiger partial charge on any atom is -0.710 e. The number of hydrogen-bond acceptors (Lipinski definition) is 5. The lowest BCUT2D eigenvalue weighted by molar-refractivity contribution is -0.586. The zero-order valence-electron chi connectivity index (χ0n) is 15.4. The van der Waals surface area contributed by atoms with E-state index in [0.29, 0.717) is 17.9 Å². The maximum Gasteiger partial charge on any atom is 0.347 e. The molecule has 2 aromatic heterocycles. The van der Waals surface area contributed by atoms with Crippen LogP contribution in [0.1, 0.15) is 29.7 Å². The molecule has 3 aromatic rings. The Kier molecular flexibility index (Phi) is 4.70. The highest BCUT2D eigenvalue weighted by atomic mass is 32.1. The molecular formula is C20H22N4O2S. The number of thiazole rings is 1. The van der Waals surface area contributed by atoms with Crippen LogP contribution in [0.15, 0.2) is 36.4 Å². The molecule has 1 unspecified atom stereocenters. The van der Waals surface area contributed by atoms with Gasteiger partial charge in [-0.2, -0.15) is 0 Å². The van der Waals surface area contributed by atoms with Crippen molar-refractivity contribution in [2.75, 3.05) is 11.4 Å². The van der Waals surface area contributed by atoms with E-state index in [1.807, 2.05) is 48.2 Å². The fraction of sp³-hybridized carbons (Fsp3) is 0.350. The number of aryl methyl sites for hydroxylation is 1. The lowest BCUT2D eigenvalue weighted by atomic mass is 10.2. The Balaban J connectivity index is 1.55. The first kappa shape index (κ1) is 17.7. The molecule has 7 heteroatoms. The van der Waals surface area contributed by atoms with Gasteiger partial charge in [-0.1, -0.05) is 41.7 Å². The molecule has 1 amide bonds. The smallest absolute Gasteiger partial charge is 0.347 e. The van der Waals surface area contributed by atoms with Crippen molar-refractivity contribution in [3.8, 4) is 0 Å². The van der Waals surface area contributed by atoms with Crippen molar-refractivity contribution in [1.82, 2.24) is 10.3 Å². The Morgan fingerprint density at radius 1 is 1.37 bits per heavy atom. The van der Waals surface area contributed by atoms with E-state index in [4.69, 9.17) is 0 Å². The highest BCUT2D eigenvalue weighted by molar-refractivity contribution is 7.22. The van der Waals surface area contributed by atoms with Crippen LogP contribution >= 0.6 is 11.3 Å². The van der Waals surface area contributed by atoms with Crippen molar-refractivity contribution in [1.29, 1.82) is 0 Å². The van der Waals surface area contributed by atoms with Crippen molar-refractivity contribution in [2.45, 2.75) is 39.3 Å². The molecule has 0 aliphatic carbocycles. The van der Waals surface area contributed by atoms with E-state index < -0.39 is 0 Å². The van der Waals surface area contributed by atoms with E-state index in [2.05, 4.69) is 10.3 Å². The molecule has 1 aromatic carbocycles. The second kappa shape index (κ2) is 7.15. The average Bonchev–Trinajstić information content (AvgIpc) is 3.32. The van der Waals surface area contributed by atoms with Crippen molar-refractivity contribution >= 4 is 32.7 Å². The molecule has 1 atom stereocenters. The van der Waals surface area contributed by atoms with Crippen LogP contribution < -0.4 is 14.9 Å². The molecule has 6 nitrogen and oxygen atoms in total. The fourth-order valence-corrected chi connectivity index (χ4v) is 4.59. The molecule has 1 saturated heterocycles. The summed E-state index contributed by atoms with van der Waals surface area (Å²) in [7, 11) is 0. The molecular weight excluding hydrogens is 360 g/mol. The average molecular weight is 382 g/mol. The van der Waals surface area contributed by atoms with Gasteiger partial charge in [0.15, 0.2) is 0 Å². The number of hydrogen-bond donors (Lipinski definition) is 1. The van der Waals surface area contributed by atoms with E-state index in [1.165, 1.54) is 11.3 Å². The molecule has 0 radical (unpaired) electrons. The lowest BCUT2D eigenvalue weighted by Crippen LogP contribution is -2.43. The quantitative estimate of drug-likeness (QED) is 0.556. The number of nitrogens with one attached hydrogen (secondary N) is 1. The van der Waals surface area contributed by atoms with Gasteiger partial charge in [-0.25, -0.2) is 4.73 Å². The minimum atomic E-state index is -0.239. The topological polar surface area (TPSA) is 72.2 Å². The van der Waals surface area contributed by atoms with Crippen LogP contribution in [0.5, 0.6) is 0 Å². The van der Waals surface area contributed by atoms with Crippen LogP contribution in [0, 0.1) is 19.1 Å². The molecule has 0 bridgehead atoms. The largest absolute Gasteiger partial charge is 0.710 e. The summed E-state index contributed by atoms with van der Waals surface area (Å²) in [5, 5.41) is 16.2. The van der Waals surface area contributed by atoms with Crippen LogP contribution in [0.4, 0.5) is 5.13 Å². The second-order valence-electron chi connectivity index (χ2n) is 6.95. The number of carbonyl (C=O) groups excluding carboxylic acids is 1. The van der Waals surface area contributed by atoms with E-state index in [-0.39, 0.29) is 11.9 Å². The fourth-order valence-electron chi connectivity index (χ4n) is 3.47. The predicted octanol–water partition coefficient (Wildman–Crippen LogP) is 2.83. The SMILES string of the molecule is Cc1cc2sc(N3CCCC3C(=O)NCc3ccccc3)nc2[n+]([O-])c1C. The lowest BCUT2D eigenvalue weighted by Gasteiger charge is -2.20. The first-order valence-electron chi connectivity index (χ1n) is 9.13. The van der Waals surface area contributed by atoms with E-state index in [9.17, 15) is 10.0 Å². The van der Waals surface area contributed by atoms with Gasteiger partial charge in [0.2, 0.25) is 5.91 Å². The van der Waals surface area contributed by atoms with Gasteiger partial charge in [-0.3, -0.25) is 4.79 Å². The van der Waals surface area contributed by atoms with Gasteiger partial charge < -0.3 is 15.4 Å². The summed E-state index contributed by atoms with van der Waals surface area (Å²) in [5.74, 6) is 0.0120. The van der Waals surface area contributed by atoms with Crippen LogP contribution in [0.2, 0.25) is 0 Å². The Bertz CT molecular complexity index is 987. The summed E-state index contributed by atoms with van der Waals surface area (Å²) < 4.78 is 1.75. The number of nitrogens with zero attached hydrogens (tertiary/aromatic N) is 3. The summed E-state index contributed by atoms with van der Waals surface area (Å²) in [6, 6.07) is 11.6.